The molecule has 2 aromatic rings. The van der Waals surface area contributed by atoms with Crippen molar-refractivity contribution in [1.29, 1.82) is 0 Å². The van der Waals surface area contributed by atoms with E-state index in [0.29, 0.717) is 24.2 Å². The quantitative estimate of drug-likeness (QED) is 0.912. The lowest BCUT2D eigenvalue weighted by Crippen LogP contribution is -2.24. The standard InChI is InChI=1S/C16H23N5O/c1-16(2,3)9-13(22)20-15-18-11-7-8-12(17)19-14(11)21(15)10-5-4-6-10/h7-8,10H,4-6,9H2,1-3H3,(H2,17,19)(H,18,20,22). The molecule has 0 bridgehead atoms. The highest BCUT2D eigenvalue weighted by Gasteiger charge is 2.27. The third-order valence-electron chi connectivity index (χ3n) is 3.94. The van der Waals surface area contributed by atoms with Gasteiger partial charge in [0.05, 0.1) is 0 Å². The number of hydrogen-bond acceptors (Lipinski definition) is 4. The zero-order chi connectivity index (χ0) is 15.9. The Kier molecular flexibility index (Phi) is 3.54. The highest BCUT2D eigenvalue weighted by atomic mass is 16.1. The van der Waals surface area contributed by atoms with Gasteiger partial charge in [-0.3, -0.25) is 14.7 Å². The van der Waals surface area contributed by atoms with Crippen molar-refractivity contribution in [2.24, 2.45) is 5.41 Å². The average Bonchev–Trinajstić information content (AvgIpc) is 2.63. The van der Waals surface area contributed by atoms with E-state index in [4.69, 9.17) is 5.73 Å². The average molecular weight is 301 g/mol. The van der Waals surface area contributed by atoms with E-state index in [9.17, 15) is 4.79 Å². The van der Waals surface area contributed by atoms with Gasteiger partial charge in [-0.15, -0.1) is 0 Å². The van der Waals surface area contributed by atoms with E-state index in [1.165, 1.54) is 6.42 Å². The number of nitrogens with zero attached hydrogens (tertiary/aromatic N) is 3. The fourth-order valence-corrected chi connectivity index (χ4v) is 2.72. The summed E-state index contributed by atoms with van der Waals surface area (Å²) in [6, 6.07) is 3.94. The Morgan fingerprint density at radius 1 is 1.36 bits per heavy atom. The van der Waals surface area contributed by atoms with E-state index in [2.05, 4.69) is 15.3 Å². The number of nitrogens with one attached hydrogen (secondary N) is 1. The van der Waals surface area contributed by atoms with Gasteiger partial charge in [-0.1, -0.05) is 20.8 Å². The number of rotatable bonds is 3. The SMILES string of the molecule is CC(C)(C)CC(=O)Nc1nc2ccc(N)nc2n1C1CCC1. The Morgan fingerprint density at radius 2 is 2.09 bits per heavy atom. The van der Waals surface area contributed by atoms with Crippen molar-refractivity contribution in [1.82, 2.24) is 14.5 Å². The molecule has 3 rings (SSSR count). The van der Waals surface area contributed by atoms with E-state index in [1.807, 2.05) is 31.4 Å². The molecule has 0 unspecified atom stereocenters. The summed E-state index contributed by atoms with van der Waals surface area (Å²) < 4.78 is 2.04. The van der Waals surface area contributed by atoms with Gasteiger partial charge in [0.1, 0.15) is 11.3 Å². The number of imidazole rings is 1. The molecule has 1 saturated carbocycles. The van der Waals surface area contributed by atoms with Crippen molar-refractivity contribution in [3.63, 3.8) is 0 Å². The molecule has 6 nitrogen and oxygen atoms in total. The van der Waals surface area contributed by atoms with Crippen LogP contribution in [0.4, 0.5) is 11.8 Å². The van der Waals surface area contributed by atoms with Crippen LogP contribution in [0.5, 0.6) is 0 Å². The molecule has 0 spiro atoms. The van der Waals surface area contributed by atoms with Gasteiger partial charge < -0.3 is 5.73 Å². The first-order valence-electron chi connectivity index (χ1n) is 7.78. The summed E-state index contributed by atoms with van der Waals surface area (Å²) in [5, 5.41) is 2.96. The number of hydrogen-bond donors (Lipinski definition) is 2. The number of nitrogen functional groups attached to an aromatic ring is 1. The molecule has 1 amide bonds. The Morgan fingerprint density at radius 3 is 2.68 bits per heavy atom. The smallest absolute Gasteiger partial charge is 0.227 e. The van der Waals surface area contributed by atoms with Crippen LogP contribution in [0.15, 0.2) is 12.1 Å². The second-order valence-electron chi connectivity index (χ2n) is 7.25. The normalized spacial score (nSPS) is 15.8. The number of nitrogens with two attached hydrogens (primary N) is 1. The summed E-state index contributed by atoms with van der Waals surface area (Å²) in [6.45, 7) is 6.14. The largest absolute Gasteiger partial charge is 0.384 e. The Labute approximate surface area is 130 Å². The molecular weight excluding hydrogens is 278 g/mol. The van der Waals surface area contributed by atoms with E-state index in [1.54, 1.807) is 6.07 Å². The van der Waals surface area contributed by atoms with Crippen molar-refractivity contribution in [3.05, 3.63) is 12.1 Å². The lowest BCUT2D eigenvalue weighted by molar-refractivity contribution is -0.117. The third kappa shape index (κ3) is 2.91. The van der Waals surface area contributed by atoms with Gasteiger partial charge >= 0.3 is 0 Å². The van der Waals surface area contributed by atoms with Gasteiger partial charge in [-0.2, -0.15) is 0 Å². The Hall–Kier alpha value is -2.11. The molecule has 2 aromatic heterocycles. The van der Waals surface area contributed by atoms with Crippen LogP contribution in [0, 0.1) is 5.41 Å². The maximum absolute atomic E-state index is 12.2. The molecule has 1 aliphatic rings. The molecule has 1 fully saturated rings. The zero-order valence-electron chi connectivity index (χ0n) is 13.4. The number of pyridine rings is 1. The highest BCUT2D eigenvalue weighted by Crippen LogP contribution is 2.37. The first-order valence-corrected chi connectivity index (χ1v) is 7.78. The molecule has 0 atom stereocenters. The van der Waals surface area contributed by atoms with Gasteiger partial charge in [-0.05, 0) is 36.8 Å². The van der Waals surface area contributed by atoms with Crippen molar-refractivity contribution in [2.75, 3.05) is 11.1 Å². The van der Waals surface area contributed by atoms with Crippen LogP contribution in [0.1, 0.15) is 52.5 Å². The van der Waals surface area contributed by atoms with Crippen LogP contribution >= 0.6 is 0 Å². The minimum absolute atomic E-state index is 0.0173. The van der Waals surface area contributed by atoms with Gasteiger partial charge in [0.25, 0.3) is 0 Å². The first kappa shape index (κ1) is 14.8. The molecule has 6 heteroatoms. The molecule has 0 radical (unpaired) electrons. The molecule has 118 valence electrons. The van der Waals surface area contributed by atoms with Crippen LogP contribution in [0.2, 0.25) is 0 Å². The lowest BCUT2D eigenvalue weighted by atomic mass is 9.92. The highest BCUT2D eigenvalue weighted by molar-refractivity contribution is 5.91. The Balaban J connectivity index is 1.96. The number of fused-ring (bicyclic) bond motifs is 1. The van der Waals surface area contributed by atoms with Crippen LogP contribution < -0.4 is 11.1 Å². The number of anilines is 2. The molecule has 2 heterocycles. The van der Waals surface area contributed by atoms with E-state index < -0.39 is 0 Å². The minimum atomic E-state index is -0.0555. The molecule has 0 saturated heterocycles. The van der Waals surface area contributed by atoms with Crippen molar-refractivity contribution >= 4 is 28.8 Å². The molecule has 1 aliphatic carbocycles. The van der Waals surface area contributed by atoms with E-state index in [0.717, 1.165) is 24.0 Å². The van der Waals surface area contributed by atoms with E-state index >= 15 is 0 Å². The molecule has 0 aromatic carbocycles. The first-order chi connectivity index (χ1) is 10.3. The number of aromatic nitrogens is 3. The summed E-state index contributed by atoms with van der Waals surface area (Å²) in [5.41, 5.74) is 7.28. The van der Waals surface area contributed by atoms with Crippen LogP contribution in [-0.2, 0) is 4.79 Å². The maximum Gasteiger partial charge on any atom is 0.227 e. The van der Waals surface area contributed by atoms with Crippen LogP contribution in [-0.4, -0.2) is 20.4 Å². The Bertz CT molecular complexity index is 709. The summed E-state index contributed by atoms with van der Waals surface area (Å²) in [6.07, 6.45) is 3.83. The van der Waals surface area contributed by atoms with Gasteiger partial charge in [0.15, 0.2) is 5.65 Å². The maximum atomic E-state index is 12.2. The third-order valence-corrected chi connectivity index (χ3v) is 3.94. The van der Waals surface area contributed by atoms with Crippen LogP contribution in [0.3, 0.4) is 0 Å². The lowest BCUT2D eigenvalue weighted by Gasteiger charge is -2.28. The summed E-state index contributed by atoms with van der Waals surface area (Å²) in [7, 11) is 0. The fourth-order valence-electron chi connectivity index (χ4n) is 2.72. The summed E-state index contributed by atoms with van der Waals surface area (Å²) >= 11 is 0. The predicted octanol–water partition coefficient (Wildman–Crippen LogP) is 3.11. The van der Waals surface area contributed by atoms with Crippen molar-refractivity contribution in [3.8, 4) is 0 Å². The molecule has 3 N–H and O–H groups in total. The number of amides is 1. The summed E-state index contributed by atoms with van der Waals surface area (Å²) in [4.78, 5) is 21.2. The number of carbonyl (C=O) groups excluding carboxylic acids is 1. The van der Waals surface area contributed by atoms with Crippen molar-refractivity contribution < 1.29 is 4.79 Å². The predicted molar refractivity (Wildman–Crippen MR) is 87.5 cm³/mol. The second kappa shape index (κ2) is 5.26. The summed E-state index contributed by atoms with van der Waals surface area (Å²) in [5.74, 6) is 1.05. The van der Waals surface area contributed by atoms with Gasteiger partial charge in [0, 0.05) is 12.5 Å². The van der Waals surface area contributed by atoms with Gasteiger partial charge in [0.2, 0.25) is 11.9 Å². The second-order valence-corrected chi connectivity index (χ2v) is 7.25. The van der Waals surface area contributed by atoms with Crippen molar-refractivity contribution in [2.45, 2.75) is 52.5 Å². The fraction of sp³-hybridized carbons (Fsp3) is 0.562. The number of carbonyl (C=O) groups is 1. The minimum Gasteiger partial charge on any atom is -0.384 e. The van der Waals surface area contributed by atoms with Crippen LogP contribution in [0.25, 0.3) is 11.2 Å². The van der Waals surface area contributed by atoms with E-state index in [-0.39, 0.29) is 11.3 Å². The molecular formula is C16H23N5O. The topological polar surface area (TPSA) is 85.8 Å². The zero-order valence-corrected chi connectivity index (χ0v) is 13.4. The van der Waals surface area contributed by atoms with Gasteiger partial charge in [-0.25, -0.2) is 9.97 Å². The monoisotopic (exact) mass is 301 g/mol. The molecule has 0 aliphatic heterocycles. The molecule has 22 heavy (non-hydrogen) atoms.